The summed E-state index contributed by atoms with van der Waals surface area (Å²) in [5.41, 5.74) is 2.07. The van der Waals surface area contributed by atoms with E-state index in [9.17, 15) is 8.42 Å². The summed E-state index contributed by atoms with van der Waals surface area (Å²) in [7, 11) is -3.24. The Morgan fingerprint density at radius 3 is 2.00 bits per heavy atom. The van der Waals surface area contributed by atoms with Gasteiger partial charge in [-0.15, -0.1) is 0 Å². The first-order chi connectivity index (χ1) is 9.04. The topological polar surface area (TPSA) is 46.2 Å². The zero-order valence-corrected chi connectivity index (χ0v) is 11.6. The number of nitrogens with one attached hydrogen (secondary N) is 1. The van der Waals surface area contributed by atoms with Gasteiger partial charge in [-0.2, -0.15) is 0 Å². The summed E-state index contributed by atoms with van der Waals surface area (Å²) in [5.74, 6) is 0. The Hall–Kier alpha value is -1.65. The molecular formula is C15H17NO2S. The highest BCUT2D eigenvalue weighted by Gasteiger charge is 2.16. The van der Waals surface area contributed by atoms with Crippen LogP contribution in [0.4, 0.5) is 0 Å². The van der Waals surface area contributed by atoms with E-state index in [1.54, 1.807) is 0 Å². The molecule has 0 heterocycles. The molecule has 0 unspecified atom stereocenters. The van der Waals surface area contributed by atoms with Gasteiger partial charge in [0.2, 0.25) is 10.0 Å². The van der Waals surface area contributed by atoms with Gasteiger partial charge in [0.15, 0.2) is 0 Å². The lowest BCUT2D eigenvalue weighted by Gasteiger charge is -2.18. The van der Waals surface area contributed by atoms with E-state index in [1.807, 2.05) is 60.7 Å². The molecule has 0 aromatic heterocycles. The molecule has 0 bridgehead atoms. The van der Waals surface area contributed by atoms with Gasteiger partial charge in [0.1, 0.15) is 0 Å². The molecule has 0 saturated heterocycles. The molecule has 100 valence electrons. The first kappa shape index (κ1) is 13.8. The van der Waals surface area contributed by atoms with Crippen molar-refractivity contribution in [2.75, 3.05) is 6.26 Å². The standard InChI is InChI=1S/C15H17NO2S/c1-19(17,18)16-15(14-10-6-3-7-11-14)12-13-8-4-2-5-9-13/h2-11,15-16H,12H2,1H3/t15-/m0/s1. The van der Waals surface area contributed by atoms with E-state index in [0.717, 1.165) is 11.1 Å². The smallest absolute Gasteiger partial charge is 0.209 e. The summed E-state index contributed by atoms with van der Waals surface area (Å²) >= 11 is 0. The van der Waals surface area contributed by atoms with Crippen LogP contribution in [-0.2, 0) is 16.4 Å². The van der Waals surface area contributed by atoms with Crippen LogP contribution in [-0.4, -0.2) is 14.7 Å². The lowest BCUT2D eigenvalue weighted by molar-refractivity contribution is 0.560. The Bertz CT molecular complexity index is 609. The number of hydrogen-bond donors (Lipinski definition) is 1. The molecule has 0 spiro atoms. The first-order valence-corrected chi connectivity index (χ1v) is 8.00. The molecule has 2 rings (SSSR count). The number of sulfonamides is 1. The number of rotatable bonds is 5. The Morgan fingerprint density at radius 1 is 0.947 bits per heavy atom. The molecule has 4 heteroatoms. The molecule has 0 amide bonds. The Morgan fingerprint density at radius 2 is 1.47 bits per heavy atom. The molecule has 0 radical (unpaired) electrons. The molecule has 0 aliphatic heterocycles. The van der Waals surface area contributed by atoms with Gasteiger partial charge in [0, 0.05) is 0 Å². The molecule has 0 aliphatic rings. The van der Waals surface area contributed by atoms with E-state index in [0.29, 0.717) is 6.42 Å². The van der Waals surface area contributed by atoms with Crippen molar-refractivity contribution < 1.29 is 8.42 Å². The second kappa shape index (κ2) is 5.99. The average Bonchev–Trinajstić information content (AvgIpc) is 2.39. The fourth-order valence-electron chi connectivity index (χ4n) is 2.02. The lowest BCUT2D eigenvalue weighted by Crippen LogP contribution is -2.28. The van der Waals surface area contributed by atoms with Crippen LogP contribution >= 0.6 is 0 Å². The fourth-order valence-corrected chi connectivity index (χ4v) is 2.76. The van der Waals surface area contributed by atoms with Gasteiger partial charge >= 0.3 is 0 Å². The Kier molecular flexibility index (Phi) is 4.35. The minimum atomic E-state index is -3.24. The van der Waals surface area contributed by atoms with Crippen molar-refractivity contribution in [1.29, 1.82) is 0 Å². The third kappa shape index (κ3) is 4.50. The van der Waals surface area contributed by atoms with Crippen molar-refractivity contribution in [3.8, 4) is 0 Å². The van der Waals surface area contributed by atoms with E-state index in [4.69, 9.17) is 0 Å². The summed E-state index contributed by atoms with van der Waals surface area (Å²) in [6.45, 7) is 0. The van der Waals surface area contributed by atoms with Crippen LogP contribution in [0, 0.1) is 0 Å². The molecule has 3 nitrogen and oxygen atoms in total. The summed E-state index contributed by atoms with van der Waals surface area (Å²) in [6, 6.07) is 19.2. The minimum Gasteiger partial charge on any atom is -0.213 e. The van der Waals surface area contributed by atoms with E-state index in [-0.39, 0.29) is 6.04 Å². The van der Waals surface area contributed by atoms with Crippen molar-refractivity contribution in [3.05, 3.63) is 71.8 Å². The highest BCUT2D eigenvalue weighted by molar-refractivity contribution is 7.88. The highest BCUT2D eigenvalue weighted by Crippen LogP contribution is 2.18. The predicted octanol–water partition coefficient (Wildman–Crippen LogP) is 2.52. The zero-order valence-electron chi connectivity index (χ0n) is 10.8. The lowest BCUT2D eigenvalue weighted by atomic mass is 10.00. The molecule has 0 saturated carbocycles. The SMILES string of the molecule is CS(=O)(=O)N[C@@H](Cc1ccccc1)c1ccccc1. The van der Waals surface area contributed by atoms with E-state index in [1.165, 1.54) is 6.26 Å². The largest absolute Gasteiger partial charge is 0.213 e. The summed E-state index contributed by atoms with van der Waals surface area (Å²) < 4.78 is 25.7. The Labute approximate surface area is 114 Å². The quantitative estimate of drug-likeness (QED) is 0.911. The van der Waals surface area contributed by atoms with Crippen LogP contribution < -0.4 is 4.72 Å². The van der Waals surface area contributed by atoms with Gasteiger partial charge in [-0.3, -0.25) is 0 Å². The van der Waals surface area contributed by atoms with Crippen molar-refractivity contribution >= 4 is 10.0 Å². The third-order valence-corrected chi connectivity index (χ3v) is 3.55. The second-order valence-electron chi connectivity index (χ2n) is 4.54. The second-order valence-corrected chi connectivity index (χ2v) is 6.32. The van der Waals surface area contributed by atoms with Gasteiger partial charge in [-0.1, -0.05) is 60.7 Å². The average molecular weight is 275 g/mol. The number of benzene rings is 2. The Balaban J connectivity index is 2.25. The highest BCUT2D eigenvalue weighted by atomic mass is 32.2. The van der Waals surface area contributed by atoms with Crippen LogP contribution in [0.25, 0.3) is 0 Å². The molecule has 19 heavy (non-hydrogen) atoms. The van der Waals surface area contributed by atoms with E-state index >= 15 is 0 Å². The molecule has 0 fully saturated rings. The van der Waals surface area contributed by atoms with Crippen molar-refractivity contribution in [2.24, 2.45) is 0 Å². The van der Waals surface area contributed by atoms with Crippen LogP contribution in [0.1, 0.15) is 17.2 Å². The van der Waals surface area contributed by atoms with E-state index < -0.39 is 10.0 Å². The maximum atomic E-state index is 11.5. The first-order valence-electron chi connectivity index (χ1n) is 6.11. The summed E-state index contributed by atoms with van der Waals surface area (Å²) in [5, 5.41) is 0. The van der Waals surface area contributed by atoms with Crippen molar-refractivity contribution in [1.82, 2.24) is 4.72 Å². The van der Waals surface area contributed by atoms with Crippen LogP contribution in [0.15, 0.2) is 60.7 Å². The molecule has 2 aromatic rings. The zero-order chi connectivity index (χ0) is 13.7. The summed E-state index contributed by atoms with van der Waals surface area (Å²) in [6.07, 6.45) is 1.83. The molecule has 0 aliphatic carbocycles. The van der Waals surface area contributed by atoms with Gasteiger partial charge in [-0.05, 0) is 17.5 Å². The van der Waals surface area contributed by atoms with Crippen LogP contribution in [0.3, 0.4) is 0 Å². The molecule has 1 atom stereocenters. The predicted molar refractivity (Wildman–Crippen MR) is 77.3 cm³/mol. The maximum Gasteiger partial charge on any atom is 0.209 e. The molecule has 2 aromatic carbocycles. The molecule has 1 N–H and O–H groups in total. The van der Waals surface area contributed by atoms with Gasteiger partial charge in [0.25, 0.3) is 0 Å². The van der Waals surface area contributed by atoms with Gasteiger partial charge in [-0.25, -0.2) is 13.1 Å². The van der Waals surface area contributed by atoms with Gasteiger partial charge < -0.3 is 0 Å². The molecular weight excluding hydrogens is 258 g/mol. The monoisotopic (exact) mass is 275 g/mol. The van der Waals surface area contributed by atoms with Crippen molar-refractivity contribution in [2.45, 2.75) is 12.5 Å². The van der Waals surface area contributed by atoms with E-state index in [2.05, 4.69) is 4.72 Å². The van der Waals surface area contributed by atoms with Gasteiger partial charge in [0.05, 0.1) is 12.3 Å². The van der Waals surface area contributed by atoms with Crippen LogP contribution in [0.5, 0.6) is 0 Å². The minimum absolute atomic E-state index is 0.237. The van der Waals surface area contributed by atoms with Crippen LogP contribution in [0.2, 0.25) is 0 Å². The number of hydrogen-bond acceptors (Lipinski definition) is 2. The third-order valence-electron chi connectivity index (χ3n) is 2.84. The normalized spacial score (nSPS) is 13.1. The maximum absolute atomic E-state index is 11.5. The fraction of sp³-hybridized carbons (Fsp3) is 0.200. The van der Waals surface area contributed by atoms with Crippen molar-refractivity contribution in [3.63, 3.8) is 0 Å². The summed E-state index contributed by atoms with van der Waals surface area (Å²) in [4.78, 5) is 0.